The van der Waals surface area contributed by atoms with Crippen LogP contribution in [0.5, 0.6) is 5.75 Å². The Morgan fingerprint density at radius 3 is 1.69 bits per heavy atom. The molecule has 32 heavy (non-hydrogen) atoms. The third-order valence-corrected chi connectivity index (χ3v) is 6.70. The van der Waals surface area contributed by atoms with Crippen molar-refractivity contribution in [2.24, 2.45) is 7.05 Å². The van der Waals surface area contributed by atoms with Crippen molar-refractivity contribution in [1.82, 2.24) is 0 Å². The number of aromatic nitrogens is 1. The topological polar surface area (TPSA) is 13.1 Å². The van der Waals surface area contributed by atoms with Crippen molar-refractivity contribution in [1.29, 1.82) is 0 Å². The van der Waals surface area contributed by atoms with Gasteiger partial charge in [-0.05, 0) is 57.6 Å². The van der Waals surface area contributed by atoms with Gasteiger partial charge in [-0.2, -0.15) is 4.57 Å². The normalized spacial score (nSPS) is 10.8. The second-order valence-corrected chi connectivity index (χ2v) is 8.62. The molecular weight excluding hydrogens is 410 g/mol. The molecule has 0 atom stereocenters. The van der Waals surface area contributed by atoms with Crippen LogP contribution in [0.25, 0.3) is 44.0 Å². The van der Waals surface area contributed by atoms with E-state index in [1.807, 2.05) is 12.1 Å². The molecule has 5 rings (SSSR count). The second kappa shape index (κ2) is 8.81. The van der Waals surface area contributed by atoms with Gasteiger partial charge in [0.05, 0.1) is 18.1 Å². The van der Waals surface area contributed by atoms with Crippen molar-refractivity contribution in [2.45, 2.75) is 0 Å². The molecule has 0 saturated heterocycles. The molecule has 0 amide bonds. The lowest BCUT2D eigenvalue weighted by molar-refractivity contribution is -0.655. The molecule has 0 unspecified atom stereocenters. The third-order valence-electron chi connectivity index (χ3n) is 5.73. The van der Waals surface area contributed by atoms with Crippen LogP contribution in [0.2, 0.25) is 0 Å². The molecule has 0 aliphatic carbocycles. The van der Waals surface area contributed by atoms with Crippen molar-refractivity contribution >= 4 is 11.3 Å². The fourth-order valence-corrected chi connectivity index (χ4v) is 5.02. The van der Waals surface area contributed by atoms with Crippen molar-refractivity contribution in [3.8, 4) is 49.7 Å². The average molecular weight is 435 g/mol. The summed E-state index contributed by atoms with van der Waals surface area (Å²) in [7, 11) is 3.82. The van der Waals surface area contributed by atoms with E-state index in [9.17, 15) is 0 Å². The zero-order valence-electron chi connectivity index (χ0n) is 18.2. The first kappa shape index (κ1) is 20.2. The highest BCUT2D eigenvalue weighted by molar-refractivity contribution is 7.12. The summed E-state index contributed by atoms with van der Waals surface area (Å²) in [4.78, 5) is 0. The summed E-state index contributed by atoms with van der Waals surface area (Å²) in [6, 6.07) is 34.3. The molecule has 156 valence electrons. The van der Waals surface area contributed by atoms with Crippen LogP contribution >= 0.6 is 11.3 Å². The number of methoxy groups -OCH3 is 1. The van der Waals surface area contributed by atoms with Gasteiger partial charge in [-0.15, -0.1) is 0 Å². The number of nitrogens with zero attached hydrogens (tertiary/aromatic N) is 1. The highest BCUT2D eigenvalue weighted by Crippen LogP contribution is 2.43. The van der Waals surface area contributed by atoms with Gasteiger partial charge in [0.1, 0.15) is 12.8 Å². The Kier molecular flexibility index (Phi) is 5.57. The minimum Gasteiger partial charge on any atom is -0.497 e. The van der Waals surface area contributed by atoms with Gasteiger partial charge in [-0.25, -0.2) is 0 Å². The molecule has 1 aromatic heterocycles. The summed E-state index contributed by atoms with van der Waals surface area (Å²) in [5.41, 5.74) is 8.51. The van der Waals surface area contributed by atoms with E-state index in [-0.39, 0.29) is 0 Å². The van der Waals surface area contributed by atoms with Crippen molar-refractivity contribution in [2.75, 3.05) is 7.11 Å². The highest BCUT2D eigenvalue weighted by Gasteiger charge is 2.23. The molecule has 0 N–H and O–H groups in total. The number of benzene rings is 4. The summed E-state index contributed by atoms with van der Waals surface area (Å²) >= 11 is 1.77. The molecule has 0 spiro atoms. The summed E-state index contributed by atoms with van der Waals surface area (Å²) in [5.74, 6) is 0.863. The predicted octanol–water partition coefficient (Wildman–Crippen LogP) is 7.25. The first-order chi connectivity index (χ1) is 15.7. The van der Waals surface area contributed by atoms with Crippen LogP contribution in [-0.2, 0) is 7.05 Å². The van der Waals surface area contributed by atoms with Crippen LogP contribution < -0.4 is 9.30 Å². The predicted molar refractivity (Wildman–Crippen MR) is 134 cm³/mol. The Balaban J connectivity index is 1.84. The number of hydrogen-bond acceptors (Lipinski definition) is 2. The van der Waals surface area contributed by atoms with Crippen LogP contribution in [0.3, 0.4) is 0 Å². The van der Waals surface area contributed by atoms with E-state index < -0.39 is 0 Å². The molecule has 0 aliphatic rings. The molecule has 3 heteroatoms. The van der Waals surface area contributed by atoms with Crippen LogP contribution in [0.1, 0.15) is 0 Å². The molecule has 0 fully saturated rings. The van der Waals surface area contributed by atoms with Gasteiger partial charge < -0.3 is 4.74 Å². The molecular formula is C29H24NOS+. The molecule has 4 aromatic carbocycles. The van der Waals surface area contributed by atoms with Crippen LogP contribution in [0, 0.1) is 0 Å². The molecule has 0 radical (unpaired) electrons. The van der Waals surface area contributed by atoms with E-state index in [0.29, 0.717) is 0 Å². The maximum absolute atomic E-state index is 5.37. The van der Waals surface area contributed by atoms with Crippen LogP contribution in [-0.4, -0.2) is 7.11 Å². The smallest absolute Gasteiger partial charge is 0.270 e. The standard InChI is InChI=1S/C29H24NOS/c1-30-17-18-32-29(30)28-26(22-9-5-3-6-10-22)19-24(21-13-15-25(31-2)16-14-21)20-27(28)23-11-7-4-8-12-23/h3-20H,1-2H3/q+1. The number of aryl methyl sites for hydroxylation is 1. The van der Waals surface area contributed by atoms with Crippen molar-refractivity contribution in [3.63, 3.8) is 0 Å². The van der Waals surface area contributed by atoms with Gasteiger partial charge in [0.2, 0.25) is 0 Å². The molecule has 5 aromatic rings. The van der Waals surface area contributed by atoms with Crippen molar-refractivity contribution < 1.29 is 9.30 Å². The number of hydrogen-bond donors (Lipinski definition) is 0. The number of rotatable bonds is 5. The van der Waals surface area contributed by atoms with Crippen LogP contribution in [0.4, 0.5) is 0 Å². The summed E-state index contributed by atoms with van der Waals surface area (Å²) in [6.45, 7) is 0. The third kappa shape index (κ3) is 3.83. The lowest BCUT2D eigenvalue weighted by Gasteiger charge is -2.16. The Bertz CT molecular complexity index is 1280. The van der Waals surface area contributed by atoms with E-state index in [0.717, 1.165) is 5.75 Å². The first-order valence-corrected chi connectivity index (χ1v) is 11.5. The van der Waals surface area contributed by atoms with E-state index in [1.165, 1.54) is 44.0 Å². The summed E-state index contributed by atoms with van der Waals surface area (Å²) in [6.07, 6.45) is 2.13. The zero-order chi connectivity index (χ0) is 21.9. The SMILES string of the molecule is COc1ccc(-c2cc(-c3ccccc3)c(-c3scc[n+]3C)c(-c3ccccc3)c2)cc1. The zero-order valence-corrected chi connectivity index (χ0v) is 19.0. The van der Waals surface area contributed by atoms with Gasteiger partial charge in [-0.1, -0.05) is 84.1 Å². The quantitative estimate of drug-likeness (QED) is 0.266. The van der Waals surface area contributed by atoms with Gasteiger partial charge in [0.15, 0.2) is 6.20 Å². The van der Waals surface area contributed by atoms with E-state index >= 15 is 0 Å². The fourth-order valence-electron chi connectivity index (χ4n) is 4.09. The fraction of sp³-hybridized carbons (Fsp3) is 0.0690. The van der Waals surface area contributed by atoms with Gasteiger partial charge in [-0.3, -0.25) is 0 Å². The Morgan fingerprint density at radius 1 is 0.656 bits per heavy atom. The Labute approximate surface area is 193 Å². The average Bonchev–Trinajstić information content (AvgIpc) is 3.29. The van der Waals surface area contributed by atoms with E-state index in [4.69, 9.17) is 4.74 Å². The minimum atomic E-state index is 0.863. The second-order valence-electron chi connectivity index (χ2n) is 7.73. The lowest BCUT2D eigenvalue weighted by atomic mass is 9.88. The number of thiazole rings is 1. The van der Waals surface area contributed by atoms with Gasteiger partial charge in [0.25, 0.3) is 5.01 Å². The van der Waals surface area contributed by atoms with E-state index in [1.54, 1.807) is 18.4 Å². The minimum absolute atomic E-state index is 0.863. The molecule has 2 nitrogen and oxygen atoms in total. The van der Waals surface area contributed by atoms with Crippen LogP contribution in [0.15, 0.2) is 109 Å². The highest BCUT2D eigenvalue weighted by atomic mass is 32.1. The number of ether oxygens (including phenoxy) is 1. The first-order valence-electron chi connectivity index (χ1n) is 10.6. The summed E-state index contributed by atoms with van der Waals surface area (Å²) in [5, 5.41) is 3.39. The molecule has 0 bridgehead atoms. The summed E-state index contributed by atoms with van der Waals surface area (Å²) < 4.78 is 7.59. The van der Waals surface area contributed by atoms with Gasteiger partial charge in [0, 0.05) is 0 Å². The molecule has 1 heterocycles. The molecule has 0 aliphatic heterocycles. The maximum atomic E-state index is 5.37. The molecule has 0 saturated carbocycles. The Hall–Kier alpha value is -3.69. The van der Waals surface area contributed by atoms with Gasteiger partial charge >= 0.3 is 0 Å². The van der Waals surface area contributed by atoms with Crippen molar-refractivity contribution in [3.05, 3.63) is 109 Å². The monoisotopic (exact) mass is 434 g/mol. The maximum Gasteiger partial charge on any atom is 0.270 e. The Morgan fingerprint density at radius 2 is 1.22 bits per heavy atom. The lowest BCUT2D eigenvalue weighted by Crippen LogP contribution is -2.27. The van der Waals surface area contributed by atoms with E-state index in [2.05, 4.69) is 108 Å². The largest absolute Gasteiger partial charge is 0.497 e.